The molecule has 1 aromatic carbocycles. The van der Waals surface area contributed by atoms with E-state index in [2.05, 4.69) is 23.1 Å². The second-order valence-electron chi connectivity index (χ2n) is 10.1. The number of rotatable bonds is 10. The number of halogens is 1. The Morgan fingerprint density at radius 2 is 1.66 bits per heavy atom. The number of hydrogen-bond acceptors (Lipinski definition) is 7. The van der Waals surface area contributed by atoms with E-state index >= 15 is 0 Å². The third-order valence-corrected chi connectivity index (χ3v) is 7.08. The van der Waals surface area contributed by atoms with Crippen LogP contribution in [0.5, 0.6) is 0 Å². The number of piperidine rings is 1. The van der Waals surface area contributed by atoms with E-state index < -0.39 is 42.0 Å². The Bertz CT molecular complexity index is 1120. The van der Waals surface area contributed by atoms with E-state index in [1.807, 2.05) is 16.9 Å². The summed E-state index contributed by atoms with van der Waals surface area (Å²) in [5.41, 5.74) is -2.10. The molecular weight excluding hydrogens is 501 g/mol. The van der Waals surface area contributed by atoms with Crippen molar-refractivity contribution >= 4 is 17.9 Å². The highest BCUT2D eigenvalue weighted by molar-refractivity contribution is 5.88. The molecule has 1 aromatic heterocycles. The lowest BCUT2D eigenvalue weighted by molar-refractivity contribution is -0.170. The molecule has 0 radical (unpaired) electrons. The van der Waals surface area contributed by atoms with Gasteiger partial charge in [-0.15, -0.1) is 0 Å². The smallest absolute Gasteiger partial charge is 0.336 e. The molecule has 2 saturated heterocycles. The van der Waals surface area contributed by atoms with Crippen molar-refractivity contribution in [3.05, 3.63) is 53.6 Å². The molecule has 0 amide bonds. The number of aromatic nitrogens is 2. The summed E-state index contributed by atoms with van der Waals surface area (Å²) in [4.78, 5) is 33.0. The van der Waals surface area contributed by atoms with Gasteiger partial charge in [0.1, 0.15) is 5.82 Å². The van der Waals surface area contributed by atoms with Crippen LogP contribution in [0.15, 0.2) is 36.7 Å². The number of nitrogens with zero attached hydrogens (tertiary/aromatic N) is 3. The van der Waals surface area contributed by atoms with E-state index in [9.17, 15) is 23.9 Å². The molecule has 208 valence electrons. The van der Waals surface area contributed by atoms with Crippen molar-refractivity contribution in [3.63, 3.8) is 0 Å². The molecule has 11 nitrogen and oxygen atoms in total. The summed E-state index contributed by atoms with van der Waals surface area (Å²) in [6, 6.07) is 7.28. The predicted molar refractivity (Wildman–Crippen MR) is 131 cm³/mol. The van der Waals surface area contributed by atoms with E-state index in [1.54, 1.807) is 12.1 Å². The van der Waals surface area contributed by atoms with Crippen molar-refractivity contribution in [1.82, 2.24) is 14.7 Å². The molecule has 2 aliphatic heterocycles. The maximum atomic E-state index is 14.2. The Labute approximate surface area is 219 Å². The van der Waals surface area contributed by atoms with Gasteiger partial charge in [0, 0.05) is 42.5 Å². The molecule has 5 N–H and O–H groups in total. The van der Waals surface area contributed by atoms with Gasteiger partial charge in [0.15, 0.2) is 5.60 Å². The topological polar surface area (TPSA) is 173 Å². The first-order valence-corrected chi connectivity index (χ1v) is 12.5. The molecule has 12 heteroatoms. The zero-order valence-electron chi connectivity index (χ0n) is 21.2. The SMILES string of the molecule is CCCn1cc(CN2C3CCC2CC(O)(c2ccccc2F)C3)cn1.O=C(O)CC(O)(CC(=O)O)C(=O)O. The van der Waals surface area contributed by atoms with Crippen LogP contribution >= 0.6 is 0 Å². The van der Waals surface area contributed by atoms with E-state index in [0.717, 1.165) is 32.4 Å². The monoisotopic (exact) mass is 535 g/mol. The lowest BCUT2D eigenvalue weighted by Gasteiger charge is -2.44. The van der Waals surface area contributed by atoms with Gasteiger partial charge in [-0.05, 0) is 38.2 Å². The molecule has 2 aliphatic rings. The number of aryl methyl sites for hydroxylation is 1. The van der Waals surface area contributed by atoms with Crippen LogP contribution < -0.4 is 0 Å². The van der Waals surface area contributed by atoms with E-state index in [4.69, 9.17) is 20.4 Å². The minimum atomic E-state index is -2.74. The summed E-state index contributed by atoms with van der Waals surface area (Å²) in [6.45, 7) is 3.96. The van der Waals surface area contributed by atoms with Gasteiger partial charge >= 0.3 is 17.9 Å². The second kappa shape index (κ2) is 12.0. The van der Waals surface area contributed by atoms with E-state index in [-0.39, 0.29) is 5.82 Å². The van der Waals surface area contributed by atoms with Gasteiger partial charge in [-0.2, -0.15) is 5.10 Å². The lowest BCUT2D eigenvalue weighted by atomic mass is 9.80. The Morgan fingerprint density at radius 3 is 2.16 bits per heavy atom. The summed E-state index contributed by atoms with van der Waals surface area (Å²) in [6.07, 6.45) is 6.22. The van der Waals surface area contributed by atoms with Gasteiger partial charge < -0.3 is 25.5 Å². The Morgan fingerprint density at radius 1 is 1.08 bits per heavy atom. The highest BCUT2D eigenvalue weighted by Gasteiger charge is 2.49. The molecule has 3 heterocycles. The summed E-state index contributed by atoms with van der Waals surface area (Å²) in [5.74, 6) is -5.31. The zero-order valence-corrected chi connectivity index (χ0v) is 21.2. The Hall–Kier alpha value is -3.35. The van der Waals surface area contributed by atoms with Crippen LogP contribution in [0.3, 0.4) is 0 Å². The number of carboxylic acids is 3. The molecule has 2 bridgehead atoms. The number of carboxylic acid groups (broad SMARTS) is 3. The van der Waals surface area contributed by atoms with Crippen molar-refractivity contribution in [2.24, 2.45) is 0 Å². The van der Waals surface area contributed by atoms with Crippen molar-refractivity contribution < 1.29 is 44.3 Å². The minimum Gasteiger partial charge on any atom is -0.481 e. The van der Waals surface area contributed by atoms with Gasteiger partial charge in [0.05, 0.1) is 24.6 Å². The third kappa shape index (κ3) is 6.94. The quantitative estimate of drug-likeness (QED) is 0.303. The number of hydrogen-bond donors (Lipinski definition) is 5. The fourth-order valence-corrected chi connectivity index (χ4v) is 5.40. The normalized spacial score (nSPS) is 22.9. The third-order valence-electron chi connectivity index (χ3n) is 7.08. The summed E-state index contributed by atoms with van der Waals surface area (Å²) in [5, 5.41) is 49.4. The maximum absolute atomic E-state index is 14.2. The fourth-order valence-electron chi connectivity index (χ4n) is 5.40. The number of aliphatic carboxylic acids is 3. The number of benzene rings is 1. The van der Waals surface area contributed by atoms with Crippen molar-refractivity contribution in [3.8, 4) is 0 Å². The van der Waals surface area contributed by atoms with Gasteiger partial charge in [-0.1, -0.05) is 25.1 Å². The highest BCUT2D eigenvalue weighted by Crippen LogP contribution is 2.46. The first kappa shape index (κ1) is 29.2. The molecule has 0 aliphatic carbocycles. The van der Waals surface area contributed by atoms with Gasteiger partial charge in [0.25, 0.3) is 0 Å². The lowest BCUT2D eigenvalue weighted by Crippen LogP contribution is -2.49. The number of carbonyl (C=O) groups is 3. The summed E-state index contributed by atoms with van der Waals surface area (Å²) >= 11 is 0. The molecule has 0 saturated carbocycles. The van der Waals surface area contributed by atoms with Crippen molar-refractivity contribution in [2.75, 3.05) is 0 Å². The first-order chi connectivity index (χ1) is 17.9. The molecule has 0 spiro atoms. The van der Waals surface area contributed by atoms with Crippen LogP contribution in [0.4, 0.5) is 4.39 Å². The zero-order chi connectivity index (χ0) is 28.1. The largest absolute Gasteiger partial charge is 0.481 e. The van der Waals surface area contributed by atoms with Gasteiger partial charge in [-0.3, -0.25) is 19.2 Å². The van der Waals surface area contributed by atoms with Crippen LogP contribution in [0.1, 0.15) is 63.0 Å². The molecule has 2 aromatic rings. The molecule has 4 rings (SSSR count). The van der Waals surface area contributed by atoms with Crippen LogP contribution in [0, 0.1) is 5.82 Å². The highest BCUT2D eigenvalue weighted by atomic mass is 19.1. The predicted octanol–water partition coefficient (Wildman–Crippen LogP) is 2.20. The molecule has 38 heavy (non-hydrogen) atoms. The van der Waals surface area contributed by atoms with Crippen LogP contribution in [0.2, 0.25) is 0 Å². The molecule has 2 unspecified atom stereocenters. The van der Waals surface area contributed by atoms with Gasteiger partial charge in [0.2, 0.25) is 0 Å². The Kier molecular flexibility index (Phi) is 9.23. The minimum absolute atomic E-state index is 0.293. The second-order valence-corrected chi connectivity index (χ2v) is 10.1. The van der Waals surface area contributed by atoms with Crippen molar-refractivity contribution in [1.29, 1.82) is 0 Å². The van der Waals surface area contributed by atoms with Gasteiger partial charge in [-0.25, -0.2) is 9.18 Å². The van der Waals surface area contributed by atoms with E-state index in [0.29, 0.717) is 30.5 Å². The average molecular weight is 536 g/mol. The van der Waals surface area contributed by atoms with Crippen LogP contribution in [0.25, 0.3) is 0 Å². The molecule has 2 atom stereocenters. The summed E-state index contributed by atoms with van der Waals surface area (Å²) in [7, 11) is 0. The summed E-state index contributed by atoms with van der Waals surface area (Å²) < 4.78 is 16.2. The Balaban J connectivity index is 0.000000263. The van der Waals surface area contributed by atoms with Crippen LogP contribution in [-0.2, 0) is 33.1 Å². The average Bonchev–Trinajstić information content (AvgIpc) is 3.35. The molecular formula is C26H34FN3O8. The maximum Gasteiger partial charge on any atom is 0.336 e. The number of fused-ring (bicyclic) bond motifs is 2. The van der Waals surface area contributed by atoms with E-state index in [1.165, 1.54) is 11.6 Å². The first-order valence-electron chi connectivity index (χ1n) is 12.5. The fraction of sp³-hybridized carbons (Fsp3) is 0.538. The molecule has 2 fully saturated rings. The number of aliphatic hydroxyl groups is 2. The standard InChI is InChI=1S/C20H26FN3O.C6H8O7/c1-2-9-23-13-15(12-22-23)14-24-16-7-8-17(24)11-20(25,10-16)18-5-3-4-6-19(18)21;7-3(8)1-6(13,5(11)12)2-4(9)10/h3-6,12-13,16-17,25H,2,7-11,14H2,1H3;13H,1-2H2,(H,7,8)(H,9,10)(H,11,12). The van der Waals surface area contributed by atoms with Crippen molar-refractivity contribution in [2.45, 2.75) is 88.2 Å². The van der Waals surface area contributed by atoms with Crippen LogP contribution in [-0.4, -0.2) is 75.8 Å².